The first-order valence-corrected chi connectivity index (χ1v) is 10.2. The van der Waals surface area contributed by atoms with Crippen molar-refractivity contribution < 1.29 is 4.42 Å². The summed E-state index contributed by atoms with van der Waals surface area (Å²) in [5, 5.41) is 2.32. The van der Waals surface area contributed by atoms with Crippen LogP contribution >= 0.6 is 0 Å². The number of hydrogen-bond acceptors (Lipinski definition) is 3. The lowest BCUT2D eigenvalue weighted by molar-refractivity contribution is 0.660. The smallest absolute Gasteiger partial charge is 0.200 e. The van der Waals surface area contributed by atoms with Crippen molar-refractivity contribution in [3.63, 3.8) is 0 Å². The second kappa shape index (κ2) is 6.92. The summed E-state index contributed by atoms with van der Waals surface area (Å²) < 4.78 is 5.92. The monoisotopic (exact) mass is 399 g/mol. The average molecular weight is 399 g/mol. The largest absolute Gasteiger partial charge is 0.456 e. The van der Waals surface area contributed by atoms with Crippen LogP contribution in [-0.4, -0.2) is 4.98 Å². The van der Waals surface area contributed by atoms with Gasteiger partial charge in [-0.05, 0) is 53.1 Å². The van der Waals surface area contributed by atoms with E-state index < -0.39 is 0 Å². The molecule has 0 aliphatic carbocycles. The Hall–Kier alpha value is -4.24. The quantitative estimate of drug-likeness (QED) is 0.300. The summed E-state index contributed by atoms with van der Waals surface area (Å²) in [7, 11) is 0. The highest BCUT2D eigenvalue weighted by Crippen LogP contribution is 2.28. The van der Waals surface area contributed by atoms with E-state index in [0.717, 1.165) is 33.2 Å². The summed E-state index contributed by atoms with van der Waals surface area (Å²) in [6.07, 6.45) is 1.91. The third-order valence-electron chi connectivity index (χ3n) is 5.72. The van der Waals surface area contributed by atoms with Crippen LogP contribution in [-0.2, 0) is 0 Å². The molecule has 31 heavy (non-hydrogen) atoms. The molecule has 0 unspecified atom stereocenters. The number of para-hydroxylation sites is 2. The van der Waals surface area contributed by atoms with Gasteiger partial charge in [-0.1, -0.05) is 60.7 Å². The molecule has 0 N–H and O–H groups in total. The second-order valence-corrected chi connectivity index (χ2v) is 7.63. The van der Waals surface area contributed by atoms with E-state index in [2.05, 4.69) is 41.4 Å². The normalized spacial score (nSPS) is 11.4. The van der Waals surface area contributed by atoms with Crippen LogP contribution in [0.3, 0.4) is 0 Å². The van der Waals surface area contributed by atoms with Gasteiger partial charge in [-0.25, -0.2) is 0 Å². The third kappa shape index (κ3) is 2.99. The number of nitrogens with zero attached hydrogens (tertiary/aromatic N) is 1. The molecular formula is C28H17NO2. The van der Waals surface area contributed by atoms with Crippen LogP contribution in [0.15, 0.2) is 112 Å². The van der Waals surface area contributed by atoms with Crippen LogP contribution in [0.25, 0.3) is 55.1 Å². The molecule has 0 saturated heterocycles. The Bertz CT molecular complexity index is 1650. The van der Waals surface area contributed by atoms with E-state index in [1.807, 2.05) is 60.8 Å². The fourth-order valence-corrected chi connectivity index (χ4v) is 4.07. The van der Waals surface area contributed by atoms with Crippen molar-refractivity contribution in [1.29, 1.82) is 0 Å². The average Bonchev–Trinajstić information content (AvgIpc) is 2.84. The van der Waals surface area contributed by atoms with Gasteiger partial charge in [0, 0.05) is 17.1 Å². The van der Waals surface area contributed by atoms with Crippen molar-refractivity contribution in [2.75, 3.05) is 0 Å². The highest BCUT2D eigenvalue weighted by atomic mass is 16.3. The first-order valence-electron chi connectivity index (χ1n) is 10.2. The predicted octanol–water partition coefficient (Wildman–Crippen LogP) is 6.83. The highest BCUT2D eigenvalue weighted by Gasteiger charge is 2.09. The van der Waals surface area contributed by atoms with Crippen LogP contribution in [0.5, 0.6) is 0 Å². The van der Waals surface area contributed by atoms with E-state index in [1.54, 1.807) is 6.07 Å². The fourth-order valence-electron chi connectivity index (χ4n) is 4.07. The molecule has 6 rings (SSSR count). The zero-order valence-electron chi connectivity index (χ0n) is 16.6. The van der Waals surface area contributed by atoms with Gasteiger partial charge >= 0.3 is 0 Å². The number of rotatable bonds is 2. The van der Waals surface area contributed by atoms with Gasteiger partial charge in [-0.15, -0.1) is 0 Å². The zero-order valence-corrected chi connectivity index (χ0v) is 16.6. The second-order valence-electron chi connectivity index (χ2n) is 7.63. The summed E-state index contributed by atoms with van der Waals surface area (Å²) in [5.74, 6) is 0. The first kappa shape index (κ1) is 17.6. The van der Waals surface area contributed by atoms with Gasteiger partial charge in [-0.3, -0.25) is 9.78 Å². The lowest BCUT2D eigenvalue weighted by atomic mass is 9.99. The summed E-state index contributed by atoms with van der Waals surface area (Å²) in [6, 6.07) is 31.7. The van der Waals surface area contributed by atoms with Gasteiger partial charge in [-0.2, -0.15) is 0 Å². The summed E-state index contributed by atoms with van der Waals surface area (Å²) >= 11 is 0. The van der Waals surface area contributed by atoms with Gasteiger partial charge < -0.3 is 4.42 Å². The van der Waals surface area contributed by atoms with Crippen molar-refractivity contribution in [2.45, 2.75) is 0 Å². The maximum Gasteiger partial charge on any atom is 0.200 e. The third-order valence-corrected chi connectivity index (χ3v) is 5.72. The Morgan fingerprint density at radius 1 is 0.581 bits per heavy atom. The molecule has 6 aromatic rings. The summed E-state index contributed by atoms with van der Waals surface area (Å²) in [6.45, 7) is 0. The van der Waals surface area contributed by atoms with Gasteiger partial charge in [0.2, 0.25) is 5.43 Å². The lowest BCUT2D eigenvalue weighted by Crippen LogP contribution is -2.01. The molecule has 3 nitrogen and oxygen atoms in total. The SMILES string of the molecule is O=c1c2ccccc2oc2ccc(-c3ccc(-c4cnc5ccccc5c4)cc3)cc12. The number of benzene rings is 4. The lowest BCUT2D eigenvalue weighted by Gasteiger charge is -2.07. The topological polar surface area (TPSA) is 43.1 Å². The molecule has 0 aliphatic rings. The predicted molar refractivity (Wildman–Crippen MR) is 126 cm³/mol. The molecule has 0 atom stereocenters. The minimum Gasteiger partial charge on any atom is -0.456 e. The fraction of sp³-hybridized carbons (Fsp3) is 0. The molecule has 3 heteroatoms. The van der Waals surface area contributed by atoms with E-state index >= 15 is 0 Å². The Morgan fingerprint density at radius 2 is 1.26 bits per heavy atom. The van der Waals surface area contributed by atoms with Crippen molar-refractivity contribution >= 4 is 32.8 Å². The number of fused-ring (bicyclic) bond motifs is 3. The number of aromatic nitrogens is 1. The van der Waals surface area contributed by atoms with Crippen LogP contribution in [0.4, 0.5) is 0 Å². The Morgan fingerprint density at radius 3 is 2.13 bits per heavy atom. The zero-order chi connectivity index (χ0) is 20.8. The van der Waals surface area contributed by atoms with Gasteiger partial charge in [0.15, 0.2) is 0 Å². The van der Waals surface area contributed by atoms with Gasteiger partial charge in [0.05, 0.1) is 16.3 Å². The Balaban J connectivity index is 1.42. The van der Waals surface area contributed by atoms with Crippen LogP contribution in [0, 0.1) is 0 Å². The van der Waals surface area contributed by atoms with Crippen molar-refractivity contribution in [1.82, 2.24) is 4.98 Å². The molecule has 0 bridgehead atoms. The molecule has 0 saturated carbocycles. The molecule has 0 radical (unpaired) electrons. The molecular weight excluding hydrogens is 382 g/mol. The van der Waals surface area contributed by atoms with Crippen molar-refractivity contribution in [3.8, 4) is 22.3 Å². The highest BCUT2D eigenvalue weighted by molar-refractivity contribution is 5.92. The van der Waals surface area contributed by atoms with Crippen LogP contribution in [0.1, 0.15) is 0 Å². The van der Waals surface area contributed by atoms with Crippen molar-refractivity contribution in [3.05, 3.63) is 113 Å². The van der Waals surface area contributed by atoms with Crippen molar-refractivity contribution in [2.24, 2.45) is 0 Å². The van der Waals surface area contributed by atoms with Gasteiger partial charge in [0.25, 0.3) is 0 Å². The standard InChI is InChI=1S/C28H17NO2/c30-28-23-6-2-4-8-26(23)31-27-14-13-20(16-24(27)28)18-9-11-19(12-10-18)22-15-21-5-1-3-7-25(21)29-17-22/h1-17H. The molecule has 146 valence electrons. The van der Waals surface area contributed by atoms with E-state index in [-0.39, 0.29) is 5.43 Å². The Labute approximate surface area is 178 Å². The van der Waals surface area contributed by atoms with E-state index in [1.165, 1.54) is 0 Å². The molecule has 2 heterocycles. The minimum absolute atomic E-state index is 0.00226. The Kier molecular flexibility index (Phi) is 3.93. The van der Waals surface area contributed by atoms with Crippen LogP contribution < -0.4 is 5.43 Å². The van der Waals surface area contributed by atoms with Gasteiger partial charge in [0.1, 0.15) is 11.2 Å². The van der Waals surface area contributed by atoms with E-state index in [0.29, 0.717) is 21.9 Å². The molecule has 4 aromatic carbocycles. The number of hydrogen-bond donors (Lipinski definition) is 0. The minimum atomic E-state index is -0.00226. The first-order chi connectivity index (χ1) is 15.3. The molecule has 0 fully saturated rings. The summed E-state index contributed by atoms with van der Waals surface area (Å²) in [5.41, 5.74) is 6.42. The summed E-state index contributed by atoms with van der Waals surface area (Å²) in [4.78, 5) is 17.5. The maximum absolute atomic E-state index is 13.0. The van der Waals surface area contributed by atoms with E-state index in [9.17, 15) is 4.79 Å². The molecule has 2 aromatic heterocycles. The van der Waals surface area contributed by atoms with E-state index in [4.69, 9.17) is 4.42 Å². The molecule has 0 aliphatic heterocycles. The van der Waals surface area contributed by atoms with Crippen LogP contribution in [0.2, 0.25) is 0 Å². The number of pyridine rings is 1. The molecule has 0 spiro atoms. The molecule has 0 amide bonds. The maximum atomic E-state index is 13.0.